The molecule has 2 aromatic rings. The van der Waals surface area contributed by atoms with Crippen molar-refractivity contribution in [2.24, 2.45) is 5.73 Å². The van der Waals surface area contributed by atoms with Gasteiger partial charge in [-0.2, -0.15) is 0 Å². The van der Waals surface area contributed by atoms with Gasteiger partial charge in [-0.15, -0.1) is 0 Å². The van der Waals surface area contributed by atoms with Crippen LogP contribution < -0.4 is 10.5 Å². The summed E-state index contributed by atoms with van der Waals surface area (Å²) < 4.78 is 31.7. The van der Waals surface area contributed by atoms with Gasteiger partial charge in [-0.3, -0.25) is 10.1 Å². The van der Waals surface area contributed by atoms with Gasteiger partial charge in [0.15, 0.2) is 0 Å². The normalized spacial score (nSPS) is 10.4. The van der Waals surface area contributed by atoms with Crippen molar-refractivity contribution < 1.29 is 18.4 Å². The lowest BCUT2D eigenvalue weighted by Crippen LogP contribution is -2.05. The Hall–Kier alpha value is -2.54. The number of nitrogens with zero attached hydrogens (tertiary/aromatic N) is 1. The van der Waals surface area contributed by atoms with Gasteiger partial charge in [-0.1, -0.05) is 0 Å². The molecule has 0 unspecified atom stereocenters. The summed E-state index contributed by atoms with van der Waals surface area (Å²) in [7, 11) is 0. The van der Waals surface area contributed by atoms with Crippen molar-refractivity contribution in [2.75, 3.05) is 0 Å². The number of non-ortho nitro benzene ring substituents is 1. The lowest BCUT2D eigenvalue weighted by molar-refractivity contribution is -0.384. The van der Waals surface area contributed by atoms with Crippen molar-refractivity contribution in [1.29, 1.82) is 0 Å². The number of nitro benzene ring substituents is 1. The molecule has 0 saturated heterocycles. The van der Waals surface area contributed by atoms with E-state index in [4.69, 9.17) is 10.5 Å². The Kier molecular flexibility index (Phi) is 4.44. The zero-order valence-electron chi connectivity index (χ0n) is 10.9. The summed E-state index contributed by atoms with van der Waals surface area (Å²) >= 11 is 0. The van der Waals surface area contributed by atoms with Crippen molar-refractivity contribution >= 4 is 5.69 Å². The Morgan fingerprint density at radius 3 is 2.52 bits per heavy atom. The molecule has 0 bridgehead atoms. The molecule has 21 heavy (non-hydrogen) atoms. The van der Waals surface area contributed by atoms with Crippen LogP contribution in [0.4, 0.5) is 14.5 Å². The van der Waals surface area contributed by atoms with Gasteiger partial charge in [0, 0.05) is 35.9 Å². The van der Waals surface area contributed by atoms with Gasteiger partial charge in [0.25, 0.3) is 5.69 Å². The first-order chi connectivity index (χ1) is 10.0. The summed E-state index contributed by atoms with van der Waals surface area (Å²) in [4.78, 5) is 10.1. The van der Waals surface area contributed by atoms with Crippen molar-refractivity contribution in [3.63, 3.8) is 0 Å². The predicted octanol–water partition coefficient (Wildman–Crippen LogP) is 2.91. The molecule has 0 atom stereocenters. The summed E-state index contributed by atoms with van der Waals surface area (Å²) in [6.45, 7) is -0.0835. The molecule has 2 rings (SSSR count). The smallest absolute Gasteiger partial charge is 0.270 e. The number of rotatable bonds is 5. The van der Waals surface area contributed by atoms with Gasteiger partial charge in [0.2, 0.25) is 0 Å². The summed E-state index contributed by atoms with van der Waals surface area (Å²) in [5.41, 5.74) is 6.03. The van der Waals surface area contributed by atoms with Crippen molar-refractivity contribution in [2.45, 2.75) is 13.2 Å². The molecular formula is C14H12F2N2O3. The Balaban J connectivity index is 2.17. The molecule has 0 aliphatic rings. The fraction of sp³-hybridized carbons (Fsp3) is 0.143. The molecule has 0 heterocycles. The lowest BCUT2D eigenvalue weighted by atomic mass is 10.1. The average Bonchev–Trinajstić information content (AvgIpc) is 2.46. The van der Waals surface area contributed by atoms with Crippen LogP contribution >= 0.6 is 0 Å². The van der Waals surface area contributed by atoms with Crippen molar-refractivity contribution in [1.82, 2.24) is 0 Å². The Bertz CT molecular complexity index is 677. The average molecular weight is 294 g/mol. The zero-order chi connectivity index (χ0) is 15.4. The van der Waals surface area contributed by atoms with E-state index in [0.717, 1.165) is 12.1 Å². The number of nitro groups is 1. The van der Waals surface area contributed by atoms with Crippen LogP contribution in [0.1, 0.15) is 11.1 Å². The maximum Gasteiger partial charge on any atom is 0.270 e. The van der Waals surface area contributed by atoms with E-state index in [9.17, 15) is 18.9 Å². The topological polar surface area (TPSA) is 78.4 Å². The second kappa shape index (κ2) is 6.27. The third kappa shape index (κ3) is 3.51. The Morgan fingerprint density at radius 2 is 1.90 bits per heavy atom. The number of hydrogen-bond acceptors (Lipinski definition) is 4. The molecule has 7 heteroatoms. The van der Waals surface area contributed by atoms with E-state index in [0.29, 0.717) is 11.3 Å². The van der Waals surface area contributed by atoms with E-state index in [2.05, 4.69) is 0 Å². The summed E-state index contributed by atoms with van der Waals surface area (Å²) in [6, 6.07) is 7.14. The molecule has 110 valence electrons. The number of benzene rings is 2. The summed E-state index contributed by atoms with van der Waals surface area (Å²) in [5, 5.41) is 10.7. The Morgan fingerprint density at radius 1 is 1.14 bits per heavy atom. The summed E-state index contributed by atoms with van der Waals surface area (Å²) in [5.74, 6) is -1.06. The molecule has 0 saturated carbocycles. The summed E-state index contributed by atoms with van der Waals surface area (Å²) in [6.07, 6.45) is 0. The fourth-order valence-corrected chi connectivity index (χ4v) is 1.77. The van der Waals surface area contributed by atoms with Crippen LogP contribution in [0.15, 0.2) is 36.4 Å². The Labute approximate surface area is 119 Å². The predicted molar refractivity (Wildman–Crippen MR) is 71.7 cm³/mol. The molecule has 0 aromatic heterocycles. The quantitative estimate of drug-likeness (QED) is 0.679. The zero-order valence-corrected chi connectivity index (χ0v) is 10.9. The number of nitrogens with two attached hydrogens (primary N) is 1. The van der Waals surface area contributed by atoms with E-state index in [1.165, 1.54) is 24.3 Å². The highest BCUT2D eigenvalue weighted by Crippen LogP contribution is 2.25. The standard InChI is InChI=1S/C14H12F2N2O3/c15-11-2-1-9(13(16)6-11)8-21-14-4-3-12(18(19)20)5-10(14)7-17/h1-6H,7-8,17H2. The molecular weight excluding hydrogens is 282 g/mol. The molecule has 0 spiro atoms. The van der Waals surface area contributed by atoms with Crippen LogP contribution in [0.2, 0.25) is 0 Å². The van der Waals surface area contributed by atoms with Crippen LogP contribution in [0.25, 0.3) is 0 Å². The third-order valence-electron chi connectivity index (χ3n) is 2.87. The largest absolute Gasteiger partial charge is 0.488 e. The monoisotopic (exact) mass is 294 g/mol. The SMILES string of the molecule is NCc1cc([N+](=O)[O-])ccc1OCc1ccc(F)cc1F. The van der Waals surface area contributed by atoms with Gasteiger partial charge in [0.1, 0.15) is 24.0 Å². The highest BCUT2D eigenvalue weighted by Gasteiger charge is 2.12. The van der Waals surface area contributed by atoms with Crippen molar-refractivity contribution in [3.8, 4) is 5.75 Å². The fourth-order valence-electron chi connectivity index (χ4n) is 1.77. The molecule has 0 fully saturated rings. The number of ether oxygens (including phenoxy) is 1. The third-order valence-corrected chi connectivity index (χ3v) is 2.87. The molecule has 2 N–H and O–H groups in total. The maximum absolute atomic E-state index is 13.5. The molecule has 0 aliphatic heterocycles. The second-order valence-corrected chi connectivity index (χ2v) is 4.28. The van der Waals surface area contributed by atoms with E-state index >= 15 is 0 Å². The van der Waals surface area contributed by atoms with Crippen LogP contribution in [0.3, 0.4) is 0 Å². The van der Waals surface area contributed by atoms with E-state index < -0.39 is 16.6 Å². The molecule has 5 nitrogen and oxygen atoms in total. The maximum atomic E-state index is 13.5. The molecule has 0 radical (unpaired) electrons. The van der Waals surface area contributed by atoms with E-state index in [-0.39, 0.29) is 24.4 Å². The highest BCUT2D eigenvalue weighted by atomic mass is 19.1. The van der Waals surface area contributed by atoms with Crippen molar-refractivity contribution in [3.05, 3.63) is 69.3 Å². The minimum atomic E-state index is -0.716. The van der Waals surface area contributed by atoms with Gasteiger partial charge >= 0.3 is 0 Å². The molecule has 2 aromatic carbocycles. The van der Waals surface area contributed by atoms with E-state index in [1.54, 1.807) is 0 Å². The lowest BCUT2D eigenvalue weighted by Gasteiger charge is -2.11. The minimum absolute atomic E-state index is 0.0446. The van der Waals surface area contributed by atoms with Gasteiger partial charge in [-0.25, -0.2) is 8.78 Å². The van der Waals surface area contributed by atoms with Crippen LogP contribution in [-0.4, -0.2) is 4.92 Å². The molecule has 0 aliphatic carbocycles. The second-order valence-electron chi connectivity index (χ2n) is 4.28. The first-order valence-corrected chi connectivity index (χ1v) is 6.05. The van der Waals surface area contributed by atoms with Crippen LogP contribution in [0.5, 0.6) is 5.75 Å². The number of hydrogen-bond donors (Lipinski definition) is 1. The van der Waals surface area contributed by atoms with Crippen LogP contribution in [-0.2, 0) is 13.2 Å². The highest BCUT2D eigenvalue weighted by molar-refractivity contribution is 5.43. The van der Waals surface area contributed by atoms with E-state index in [1.807, 2.05) is 0 Å². The van der Waals surface area contributed by atoms with Crippen LogP contribution in [0, 0.1) is 21.7 Å². The first-order valence-electron chi connectivity index (χ1n) is 6.05. The first kappa shape index (κ1) is 14.9. The van der Waals surface area contributed by atoms with Gasteiger partial charge in [-0.05, 0) is 18.2 Å². The number of halogens is 2. The molecule has 0 amide bonds. The minimum Gasteiger partial charge on any atom is -0.488 e. The van der Waals surface area contributed by atoms with Gasteiger partial charge < -0.3 is 10.5 Å². The van der Waals surface area contributed by atoms with Gasteiger partial charge in [0.05, 0.1) is 4.92 Å².